The van der Waals surface area contributed by atoms with E-state index in [0.717, 1.165) is 12.2 Å². The molecule has 3 nitrogen and oxygen atoms in total. The van der Waals surface area contributed by atoms with Crippen LogP contribution in [-0.2, 0) is 9.84 Å². The first-order chi connectivity index (χ1) is 9.17. The van der Waals surface area contributed by atoms with Crippen LogP contribution in [0.3, 0.4) is 0 Å². The van der Waals surface area contributed by atoms with E-state index in [9.17, 15) is 8.42 Å². The van der Waals surface area contributed by atoms with Gasteiger partial charge in [-0.25, -0.2) is 8.42 Å². The predicted molar refractivity (Wildman–Crippen MR) is 84.2 cm³/mol. The van der Waals surface area contributed by atoms with E-state index < -0.39 is 14.6 Å². The molecule has 0 aliphatic rings. The number of hydrogen-bond acceptors (Lipinski definition) is 3. The number of sulfone groups is 1. The summed E-state index contributed by atoms with van der Waals surface area (Å²) < 4.78 is 28.7. The van der Waals surface area contributed by atoms with Gasteiger partial charge >= 0.3 is 0 Å². The summed E-state index contributed by atoms with van der Waals surface area (Å²) in [6.07, 6.45) is 1.10. The molecule has 0 fully saturated rings. The molecule has 0 saturated carbocycles. The maximum Gasteiger partial charge on any atom is 0.158 e. The largest absolute Gasteiger partial charge is 0.493 e. The zero-order valence-corrected chi connectivity index (χ0v) is 14.0. The molecular weight excluding hydrogens is 272 g/mol. The minimum Gasteiger partial charge on any atom is -0.493 e. The lowest BCUT2D eigenvalue weighted by Crippen LogP contribution is -2.32. The molecule has 1 aromatic rings. The molecule has 0 saturated heterocycles. The van der Waals surface area contributed by atoms with Crippen LogP contribution in [0.2, 0.25) is 0 Å². The van der Waals surface area contributed by atoms with E-state index in [0.29, 0.717) is 5.92 Å². The Bertz CT molecular complexity index is 510. The first kappa shape index (κ1) is 17.0. The topological polar surface area (TPSA) is 43.4 Å². The molecule has 1 rings (SSSR count). The van der Waals surface area contributed by atoms with Crippen LogP contribution in [0.25, 0.3) is 0 Å². The van der Waals surface area contributed by atoms with Crippen molar-refractivity contribution < 1.29 is 13.2 Å². The Morgan fingerprint density at radius 1 is 1.15 bits per heavy atom. The number of rotatable bonds is 6. The van der Waals surface area contributed by atoms with E-state index in [-0.39, 0.29) is 12.4 Å². The van der Waals surface area contributed by atoms with Crippen molar-refractivity contribution in [3.05, 3.63) is 29.8 Å². The number of benzene rings is 1. The highest BCUT2D eigenvalue weighted by atomic mass is 32.2. The van der Waals surface area contributed by atoms with Gasteiger partial charge in [0.15, 0.2) is 9.84 Å². The molecule has 4 heteroatoms. The van der Waals surface area contributed by atoms with Crippen molar-refractivity contribution in [2.24, 2.45) is 0 Å². The zero-order valence-electron chi connectivity index (χ0n) is 13.1. The Labute approximate surface area is 123 Å². The summed E-state index contributed by atoms with van der Waals surface area (Å²) in [4.78, 5) is 0. The summed E-state index contributed by atoms with van der Waals surface area (Å²) in [5.41, 5.74) is 1.28. The third-order valence-corrected chi connectivity index (χ3v) is 6.19. The fourth-order valence-electron chi connectivity index (χ4n) is 1.70. The Hall–Kier alpha value is -1.03. The van der Waals surface area contributed by atoms with Gasteiger partial charge in [-0.1, -0.05) is 26.0 Å². The van der Waals surface area contributed by atoms with Gasteiger partial charge in [0, 0.05) is 0 Å². The summed E-state index contributed by atoms with van der Waals surface area (Å²) in [5.74, 6) is 1.30. The molecule has 1 unspecified atom stereocenters. The van der Waals surface area contributed by atoms with Gasteiger partial charge in [-0.2, -0.15) is 0 Å². The van der Waals surface area contributed by atoms with Crippen LogP contribution < -0.4 is 4.74 Å². The van der Waals surface area contributed by atoms with Crippen molar-refractivity contribution in [1.82, 2.24) is 0 Å². The molecule has 0 heterocycles. The molecule has 0 amide bonds. The second kappa shape index (κ2) is 6.61. The average molecular weight is 298 g/mol. The first-order valence-electron chi connectivity index (χ1n) is 7.12. The van der Waals surface area contributed by atoms with Gasteiger partial charge in [0.2, 0.25) is 0 Å². The molecule has 0 N–H and O–H groups in total. The molecular formula is C16H26O3S. The summed E-state index contributed by atoms with van der Waals surface area (Å²) in [6.45, 7) is 9.68. The molecule has 1 atom stereocenters. The summed E-state index contributed by atoms with van der Waals surface area (Å²) in [6, 6.07) is 7.90. The van der Waals surface area contributed by atoms with Gasteiger partial charge in [0.05, 0.1) is 10.5 Å². The van der Waals surface area contributed by atoms with Crippen LogP contribution in [0.5, 0.6) is 5.75 Å². The van der Waals surface area contributed by atoms with Crippen LogP contribution >= 0.6 is 0 Å². The van der Waals surface area contributed by atoms with E-state index in [1.54, 1.807) is 20.8 Å². The fraction of sp³-hybridized carbons (Fsp3) is 0.625. The smallest absolute Gasteiger partial charge is 0.158 e. The van der Waals surface area contributed by atoms with Gasteiger partial charge in [0.25, 0.3) is 0 Å². The normalized spacial score (nSPS) is 14.1. The third-order valence-electron chi connectivity index (χ3n) is 3.62. The first-order valence-corrected chi connectivity index (χ1v) is 8.77. The van der Waals surface area contributed by atoms with Gasteiger partial charge in [0.1, 0.15) is 12.4 Å². The van der Waals surface area contributed by atoms with Gasteiger partial charge < -0.3 is 4.74 Å². The van der Waals surface area contributed by atoms with Crippen LogP contribution in [-0.4, -0.2) is 25.5 Å². The minimum absolute atomic E-state index is 0.0453. The lowest BCUT2D eigenvalue weighted by Gasteiger charge is -2.19. The van der Waals surface area contributed by atoms with E-state index in [1.807, 2.05) is 24.3 Å². The summed E-state index contributed by atoms with van der Waals surface area (Å²) >= 11 is 0. The monoisotopic (exact) mass is 298 g/mol. The van der Waals surface area contributed by atoms with Crippen LogP contribution in [0, 0.1) is 0 Å². The lowest BCUT2D eigenvalue weighted by atomic mass is 9.99. The lowest BCUT2D eigenvalue weighted by molar-refractivity contribution is 0.339. The van der Waals surface area contributed by atoms with Crippen LogP contribution in [0.4, 0.5) is 0 Å². The third kappa shape index (κ3) is 4.51. The van der Waals surface area contributed by atoms with Crippen LogP contribution in [0.1, 0.15) is 52.5 Å². The van der Waals surface area contributed by atoms with Gasteiger partial charge in [-0.15, -0.1) is 0 Å². The van der Waals surface area contributed by atoms with Crippen molar-refractivity contribution in [2.75, 3.05) is 12.4 Å². The van der Waals surface area contributed by atoms with Gasteiger partial charge in [-0.3, -0.25) is 0 Å². The Kier molecular flexibility index (Phi) is 5.63. The van der Waals surface area contributed by atoms with Crippen molar-refractivity contribution >= 4 is 9.84 Å². The number of ether oxygens (including phenoxy) is 1. The zero-order chi connectivity index (χ0) is 15.4. The number of hydrogen-bond donors (Lipinski definition) is 0. The molecule has 0 aliphatic carbocycles. The van der Waals surface area contributed by atoms with Crippen LogP contribution in [0.15, 0.2) is 24.3 Å². The Balaban J connectivity index is 2.55. The Morgan fingerprint density at radius 3 is 2.15 bits per heavy atom. The maximum absolute atomic E-state index is 11.9. The second-order valence-corrected chi connectivity index (χ2v) is 9.02. The Morgan fingerprint density at radius 2 is 1.70 bits per heavy atom. The molecule has 0 aliphatic heterocycles. The maximum atomic E-state index is 11.9. The molecule has 0 bridgehead atoms. The van der Waals surface area contributed by atoms with Crippen molar-refractivity contribution in [1.29, 1.82) is 0 Å². The summed E-state index contributed by atoms with van der Waals surface area (Å²) in [5, 5.41) is 0. The van der Waals surface area contributed by atoms with Crippen molar-refractivity contribution in [3.63, 3.8) is 0 Å². The van der Waals surface area contributed by atoms with E-state index in [1.165, 1.54) is 5.56 Å². The molecule has 114 valence electrons. The minimum atomic E-state index is -3.12. The second-order valence-electron chi connectivity index (χ2n) is 6.16. The standard InChI is InChI=1S/C16H26O3S/c1-6-13(2)14-7-9-15(10-8-14)19-11-12-20(17,18)16(3,4)5/h7-10,13H,6,11-12H2,1-5H3. The SMILES string of the molecule is CCC(C)c1ccc(OCCS(=O)(=O)C(C)(C)C)cc1. The van der Waals surface area contributed by atoms with Crippen molar-refractivity contribution in [3.8, 4) is 5.75 Å². The highest BCUT2D eigenvalue weighted by molar-refractivity contribution is 7.92. The fourth-order valence-corrected chi connectivity index (χ4v) is 2.62. The highest BCUT2D eigenvalue weighted by Crippen LogP contribution is 2.22. The molecule has 1 aromatic carbocycles. The van der Waals surface area contributed by atoms with Crippen molar-refractivity contribution in [2.45, 2.75) is 51.7 Å². The predicted octanol–water partition coefficient (Wildman–Crippen LogP) is 3.79. The quantitative estimate of drug-likeness (QED) is 0.802. The molecule has 0 aromatic heterocycles. The summed E-state index contributed by atoms with van der Waals surface area (Å²) in [7, 11) is -3.12. The average Bonchev–Trinajstić information content (AvgIpc) is 2.37. The van der Waals surface area contributed by atoms with E-state index in [4.69, 9.17) is 4.74 Å². The van der Waals surface area contributed by atoms with E-state index >= 15 is 0 Å². The van der Waals surface area contributed by atoms with E-state index in [2.05, 4.69) is 13.8 Å². The molecule has 0 radical (unpaired) electrons. The molecule has 0 spiro atoms. The highest BCUT2D eigenvalue weighted by Gasteiger charge is 2.28. The molecule has 20 heavy (non-hydrogen) atoms. The van der Waals surface area contributed by atoms with Gasteiger partial charge in [-0.05, 0) is 50.8 Å².